The highest BCUT2D eigenvalue weighted by molar-refractivity contribution is 7.92. The Morgan fingerprint density at radius 3 is 1.86 bits per heavy atom. The molecule has 0 saturated carbocycles. The molecule has 3 aromatic rings. The molecule has 0 saturated heterocycles. The third-order valence-corrected chi connectivity index (χ3v) is 6.35. The average Bonchev–Trinajstić information content (AvgIpc) is 2.86. The summed E-state index contributed by atoms with van der Waals surface area (Å²) in [6.45, 7) is 0. The van der Waals surface area contributed by atoms with Crippen molar-refractivity contribution in [1.82, 2.24) is 0 Å². The van der Waals surface area contributed by atoms with Gasteiger partial charge in [-0.3, -0.25) is 14.8 Å². The fourth-order valence-corrected chi connectivity index (χ4v) is 4.32. The van der Waals surface area contributed by atoms with E-state index in [-0.39, 0.29) is 10.6 Å². The molecule has 0 aliphatic carbocycles. The first-order valence-corrected chi connectivity index (χ1v) is 11.6. The van der Waals surface area contributed by atoms with E-state index in [1.807, 2.05) is 12.2 Å². The Labute approximate surface area is 202 Å². The number of nitro groups is 1. The highest BCUT2D eigenvalue weighted by Gasteiger charge is 2.22. The molecular weight excluding hydrogens is 476 g/mol. The summed E-state index contributed by atoms with van der Waals surface area (Å²) in [4.78, 5) is 10.3. The Hall–Kier alpha value is -4.25. The molecule has 0 atom stereocenters. The number of nitrogens with zero attached hydrogens (tertiary/aromatic N) is 1. The molecule has 11 heteroatoms. The number of nitrogens with one attached hydrogen (secondary N) is 1. The van der Waals surface area contributed by atoms with Gasteiger partial charge in [0, 0.05) is 11.8 Å². The van der Waals surface area contributed by atoms with Crippen LogP contribution in [-0.2, 0) is 10.0 Å². The van der Waals surface area contributed by atoms with Gasteiger partial charge in [0.05, 0.1) is 38.3 Å². The van der Waals surface area contributed by atoms with Crippen molar-refractivity contribution in [1.29, 1.82) is 0 Å². The number of ether oxygens (including phenoxy) is 4. The van der Waals surface area contributed by atoms with Crippen LogP contribution in [0.4, 0.5) is 11.4 Å². The highest BCUT2D eigenvalue weighted by Crippen LogP contribution is 2.38. The van der Waals surface area contributed by atoms with Crippen LogP contribution in [-0.4, -0.2) is 41.8 Å². The molecule has 1 N–H and O–H groups in total. The van der Waals surface area contributed by atoms with Crippen molar-refractivity contribution in [2.75, 3.05) is 33.2 Å². The van der Waals surface area contributed by atoms with Crippen LogP contribution in [0.15, 0.2) is 59.5 Å². The van der Waals surface area contributed by atoms with Gasteiger partial charge in [-0.1, -0.05) is 24.3 Å². The fourth-order valence-electron chi connectivity index (χ4n) is 3.25. The third-order valence-electron chi connectivity index (χ3n) is 4.98. The van der Waals surface area contributed by atoms with Crippen LogP contribution >= 0.6 is 0 Å². The van der Waals surface area contributed by atoms with E-state index in [1.165, 1.54) is 40.6 Å². The lowest BCUT2D eigenvalue weighted by molar-refractivity contribution is -0.386. The molecule has 3 rings (SSSR count). The molecule has 0 amide bonds. The predicted molar refractivity (Wildman–Crippen MR) is 132 cm³/mol. The Bertz CT molecular complexity index is 1330. The molecule has 10 nitrogen and oxygen atoms in total. The molecule has 0 aliphatic heterocycles. The number of sulfonamides is 1. The molecule has 3 aromatic carbocycles. The number of rotatable bonds is 10. The zero-order valence-electron chi connectivity index (χ0n) is 19.5. The van der Waals surface area contributed by atoms with Crippen LogP contribution in [0.3, 0.4) is 0 Å². The normalized spacial score (nSPS) is 11.2. The van der Waals surface area contributed by atoms with Crippen LogP contribution in [0.2, 0.25) is 0 Å². The minimum absolute atomic E-state index is 0.0304. The Morgan fingerprint density at radius 1 is 0.771 bits per heavy atom. The zero-order valence-corrected chi connectivity index (χ0v) is 20.3. The fraction of sp³-hybridized carbons (Fsp3) is 0.167. The lowest BCUT2D eigenvalue weighted by Gasteiger charge is -2.12. The number of methoxy groups -OCH3 is 4. The van der Waals surface area contributed by atoms with E-state index < -0.39 is 20.6 Å². The predicted octanol–water partition coefficient (Wildman–Crippen LogP) is 4.60. The van der Waals surface area contributed by atoms with Crippen LogP contribution in [0.25, 0.3) is 12.2 Å². The SMILES string of the molecule is COc1ccc(S(=O)(=O)Nc2ccc(C=Cc3cc(OC)c(OC)c(OC)c3)cc2)cc1[N+](=O)[O-]. The summed E-state index contributed by atoms with van der Waals surface area (Å²) in [5.74, 6) is 1.51. The smallest absolute Gasteiger partial charge is 0.312 e. The van der Waals surface area contributed by atoms with Crippen LogP contribution in [0, 0.1) is 10.1 Å². The second-order valence-electron chi connectivity index (χ2n) is 7.11. The van der Waals surface area contributed by atoms with E-state index in [2.05, 4.69) is 4.72 Å². The van der Waals surface area contributed by atoms with Crippen LogP contribution in [0.5, 0.6) is 23.0 Å². The molecule has 184 valence electrons. The monoisotopic (exact) mass is 500 g/mol. The van der Waals surface area contributed by atoms with Crippen molar-refractivity contribution in [3.05, 3.63) is 75.8 Å². The van der Waals surface area contributed by atoms with E-state index in [4.69, 9.17) is 18.9 Å². The summed E-state index contributed by atoms with van der Waals surface area (Å²) in [6, 6.07) is 13.7. The maximum Gasteiger partial charge on any atom is 0.312 e. The summed E-state index contributed by atoms with van der Waals surface area (Å²) in [5, 5.41) is 11.2. The molecule has 0 aliphatic rings. The molecule has 0 aromatic heterocycles. The first-order chi connectivity index (χ1) is 16.7. The number of benzene rings is 3. The maximum absolute atomic E-state index is 12.7. The zero-order chi connectivity index (χ0) is 25.6. The molecule has 0 radical (unpaired) electrons. The van der Waals surface area contributed by atoms with E-state index >= 15 is 0 Å². The maximum atomic E-state index is 12.7. The Balaban J connectivity index is 1.79. The van der Waals surface area contributed by atoms with Gasteiger partial charge in [0.2, 0.25) is 5.75 Å². The van der Waals surface area contributed by atoms with Gasteiger partial charge in [0.25, 0.3) is 10.0 Å². The van der Waals surface area contributed by atoms with Crippen molar-refractivity contribution in [3.63, 3.8) is 0 Å². The average molecular weight is 501 g/mol. The molecule has 0 heterocycles. The van der Waals surface area contributed by atoms with Gasteiger partial charge in [-0.15, -0.1) is 0 Å². The molecule has 0 unspecified atom stereocenters. The largest absolute Gasteiger partial charge is 0.493 e. The van der Waals surface area contributed by atoms with Gasteiger partial charge >= 0.3 is 5.69 Å². The van der Waals surface area contributed by atoms with Gasteiger partial charge in [-0.2, -0.15) is 0 Å². The lowest BCUT2D eigenvalue weighted by Crippen LogP contribution is -2.13. The van der Waals surface area contributed by atoms with Crippen molar-refractivity contribution in [2.45, 2.75) is 4.90 Å². The molecule has 0 spiro atoms. The van der Waals surface area contributed by atoms with Crippen molar-refractivity contribution in [2.24, 2.45) is 0 Å². The molecule has 35 heavy (non-hydrogen) atoms. The summed E-state index contributed by atoms with van der Waals surface area (Å²) in [5.41, 5.74) is 1.48. The summed E-state index contributed by atoms with van der Waals surface area (Å²) in [6.07, 6.45) is 3.69. The van der Waals surface area contributed by atoms with E-state index in [0.29, 0.717) is 22.9 Å². The van der Waals surface area contributed by atoms with Gasteiger partial charge < -0.3 is 18.9 Å². The number of anilines is 1. The van der Waals surface area contributed by atoms with Gasteiger partial charge in [0.15, 0.2) is 17.2 Å². The second-order valence-corrected chi connectivity index (χ2v) is 8.79. The van der Waals surface area contributed by atoms with Crippen molar-refractivity contribution >= 4 is 33.6 Å². The van der Waals surface area contributed by atoms with Crippen LogP contribution < -0.4 is 23.7 Å². The minimum atomic E-state index is -4.05. The molecule has 0 bridgehead atoms. The highest BCUT2D eigenvalue weighted by atomic mass is 32.2. The van der Waals surface area contributed by atoms with Crippen molar-refractivity contribution in [3.8, 4) is 23.0 Å². The van der Waals surface area contributed by atoms with E-state index in [9.17, 15) is 18.5 Å². The van der Waals surface area contributed by atoms with Gasteiger partial charge in [0.1, 0.15) is 0 Å². The van der Waals surface area contributed by atoms with Crippen LogP contribution in [0.1, 0.15) is 11.1 Å². The van der Waals surface area contributed by atoms with Gasteiger partial charge in [-0.05, 0) is 47.5 Å². The number of hydrogen-bond donors (Lipinski definition) is 1. The molecular formula is C24H24N2O8S. The Morgan fingerprint density at radius 2 is 1.34 bits per heavy atom. The number of nitro benzene ring substituents is 1. The topological polar surface area (TPSA) is 126 Å². The summed E-state index contributed by atoms with van der Waals surface area (Å²) < 4.78 is 48.8. The summed E-state index contributed by atoms with van der Waals surface area (Å²) in [7, 11) is 1.82. The third kappa shape index (κ3) is 5.82. The van der Waals surface area contributed by atoms with E-state index in [1.54, 1.807) is 36.4 Å². The Kier molecular flexibility index (Phi) is 7.82. The second kappa shape index (κ2) is 10.8. The quantitative estimate of drug-likeness (QED) is 0.243. The molecule has 0 fully saturated rings. The first-order valence-electron chi connectivity index (χ1n) is 10.2. The summed E-state index contributed by atoms with van der Waals surface area (Å²) >= 11 is 0. The number of hydrogen-bond acceptors (Lipinski definition) is 8. The minimum Gasteiger partial charge on any atom is -0.493 e. The van der Waals surface area contributed by atoms with E-state index in [0.717, 1.165) is 17.2 Å². The standard InChI is InChI=1S/C24H24N2O8S/c1-31-21-12-11-19(15-20(21)26(27)28)35(29,30)25-18-9-7-16(8-10-18)5-6-17-13-22(32-2)24(34-4)23(14-17)33-3/h5-15,25H,1-4H3. The van der Waals surface area contributed by atoms with Crippen molar-refractivity contribution < 1.29 is 32.3 Å². The van der Waals surface area contributed by atoms with Gasteiger partial charge in [-0.25, -0.2) is 8.42 Å². The first kappa shape index (κ1) is 25.4. The lowest BCUT2D eigenvalue weighted by atomic mass is 10.1.